The maximum atomic E-state index is 9.21. The van der Waals surface area contributed by atoms with Gasteiger partial charge in [0.2, 0.25) is 0 Å². The van der Waals surface area contributed by atoms with Crippen LogP contribution < -0.4 is 5.32 Å². The number of aromatic hydroxyl groups is 1. The van der Waals surface area contributed by atoms with Crippen LogP contribution in [0.3, 0.4) is 0 Å². The predicted molar refractivity (Wildman–Crippen MR) is 73.5 cm³/mol. The fraction of sp³-hybridized carbons (Fsp3) is 0.500. The summed E-state index contributed by atoms with van der Waals surface area (Å²) in [4.78, 5) is 0. The molecule has 2 bridgehead atoms. The minimum Gasteiger partial charge on any atom is -0.508 e. The van der Waals surface area contributed by atoms with Gasteiger partial charge in [0, 0.05) is 0 Å². The van der Waals surface area contributed by atoms with Crippen molar-refractivity contribution in [3.8, 4) is 5.75 Å². The second-order valence-corrected chi connectivity index (χ2v) is 5.66. The molecule has 3 unspecified atom stereocenters. The summed E-state index contributed by atoms with van der Waals surface area (Å²) >= 11 is 0. The van der Waals surface area contributed by atoms with Crippen molar-refractivity contribution in [3.05, 3.63) is 42.0 Å². The lowest BCUT2D eigenvalue weighted by molar-refractivity contribution is 0.416. The summed E-state index contributed by atoms with van der Waals surface area (Å²) in [5.41, 5.74) is 1.29. The molecule has 0 amide bonds. The second-order valence-electron chi connectivity index (χ2n) is 5.66. The number of hydrogen-bond donors (Lipinski definition) is 2. The van der Waals surface area contributed by atoms with Crippen molar-refractivity contribution in [2.45, 2.75) is 19.3 Å². The van der Waals surface area contributed by atoms with E-state index in [0.717, 1.165) is 37.3 Å². The molecule has 3 rings (SSSR count). The van der Waals surface area contributed by atoms with Crippen LogP contribution in [0.2, 0.25) is 0 Å². The first-order valence-electron chi connectivity index (χ1n) is 6.98. The molecule has 1 saturated carbocycles. The van der Waals surface area contributed by atoms with E-state index in [9.17, 15) is 5.11 Å². The highest BCUT2D eigenvalue weighted by molar-refractivity contribution is 5.26. The molecule has 0 aromatic heterocycles. The van der Waals surface area contributed by atoms with Crippen molar-refractivity contribution in [1.82, 2.24) is 5.32 Å². The number of phenolic OH excluding ortho intramolecular Hbond substituents is 1. The van der Waals surface area contributed by atoms with Gasteiger partial charge in [-0.25, -0.2) is 0 Å². The van der Waals surface area contributed by atoms with Crippen LogP contribution in [0.1, 0.15) is 18.4 Å². The summed E-state index contributed by atoms with van der Waals surface area (Å²) < 4.78 is 0. The molecule has 2 N–H and O–H groups in total. The highest BCUT2D eigenvalue weighted by atomic mass is 16.3. The van der Waals surface area contributed by atoms with Crippen molar-refractivity contribution < 1.29 is 5.11 Å². The van der Waals surface area contributed by atoms with Crippen LogP contribution in [0.4, 0.5) is 0 Å². The minimum atomic E-state index is 0.348. The largest absolute Gasteiger partial charge is 0.508 e. The molecule has 2 heteroatoms. The molecule has 2 aliphatic rings. The Morgan fingerprint density at radius 2 is 1.94 bits per heavy atom. The van der Waals surface area contributed by atoms with Crippen LogP contribution >= 0.6 is 0 Å². The smallest absolute Gasteiger partial charge is 0.115 e. The van der Waals surface area contributed by atoms with Gasteiger partial charge in [0.05, 0.1) is 0 Å². The Kier molecular flexibility index (Phi) is 3.37. The summed E-state index contributed by atoms with van der Waals surface area (Å²) in [5, 5.41) is 12.8. The molecule has 0 radical (unpaired) electrons. The number of phenols is 1. The molecule has 0 heterocycles. The van der Waals surface area contributed by atoms with Gasteiger partial charge >= 0.3 is 0 Å². The van der Waals surface area contributed by atoms with Crippen molar-refractivity contribution in [2.75, 3.05) is 13.1 Å². The van der Waals surface area contributed by atoms with E-state index >= 15 is 0 Å². The highest BCUT2D eigenvalue weighted by Crippen LogP contribution is 2.42. The number of rotatable bonds is 5. The molecule has 1 fully saturated rings. The highest BCUT2D eigenvalue weighted by Gasteiger charge is 2.34. The van der Waals surface area contributed by atoms with Crippen LogP contribution in [0.25, 0.3) is 0 Å². The van der Waals surface area contributed by atoms with E-state index in [1.807, 2.05) is 12.1 Å². The number of benzene rings is 1. The average Bonchev–Trinajstić information content (AvgIpc) is 2.99. The van der Waals surface area contributed by atoms with Gasteiger partial charge < -0.3 is 10.4 Å². The summed E-state index contributed by atoms with van der Waals surface area (Å²) in [6.45, 7) is 2.19. The fourth-order valence-electron chi connectivity index (χ4n) is 3.31. The third-order valence-electron chi connectivity index (χ3n) is 4.35. The first kappa shape index (κ1) is 11.8. The minimum absolute atomic E-state index is 0.348. The van der Waals surface area contributed by atoms with E-state index in [1.165, 1.54) is 18.4 Å². The Morgan fingerprint density at radius 1 is 1.11 bits per heavy atom. The number of hydrogen-bond acceptors (Lipinski definition) is 2. The monoisotopic (exact) mass is 243 g/mol. The maximum absolute atomic E-state index is 9.21. The summed E-state index contributed by atoms with van der Waals surface area (Å²) in [6.07, 6.45) is 8.63. The van der Waals surface area contributed by atoms with Gasteiger partial charge in [-0.3, -0.25) is 0 Å². The van der Waals surface area contributed by atoms with Crippen LogP contribution in [-0.2, 0) is 6.42 Å². The van der Waals surface area contributed by atoms with Crippen LogP contribution in [0.5, 0.6) is 5.75 Å². The van der Waals surface area contributed by atoms with Gasteiger partial charge in [-0.05, 0) is 67.8 Å². The molecule has 18 heavy (non-hydrogen) atoms. The lowest BCUT2D eigenvalue weighted by Gasteiger charge is -2.18. The van der Waals surface area contributed by atoms with Gasteiger partial charge in [0.1, 0.15) is 5.75 Å². The molecule has 2 nitrogen and oxygen atoms in total. The molecule has 0 spiro atoms. The Balaban J connectivity index is 1.38. The molecule has 1 aromatic rings. The standard InChI is InChI=1S/C16H21NO/c18-16-5-2-12(3-6-16)7-8-17-11-15-10-13-1-4-14(15)9-13/h1-6,13-15,17-18H,7-11H2. The van der Waals surface area contributed by atoms with Crippen molar-refractivity contribution in [1.29, 1.82) is 0 Å². The third kappa shape index (κ3) is 2.59. The van der Waals surface area contributed by atoms with Crippen molar-refractivity contribution >= 4 is 0 Å². The van der Waals surface area contributed by atoms with Crippen LogP contribution in [-0.4, -0.2) is 18.2 Å². The predicted octanol–water partition coefficient (Wildman–Crippen LogP) is 2.74. The van der Waals surface area contributed by atoms with E-state index in [0.29, 0.717) is 5.75 Å². The van der Waals surface area contributed by atoms with Crippen molar-refractivity contribution in [2.24, 2.45) is 17.8 Å². The first-order valence-corrected chi connectivity index (χ1v) is 6.98. The number of nitrogens with one attached hydrogen (secondary N) is 1. The van der Waals surface area contributed by atoms with Crippen LogP contribution in [0, 0.1) is 17.8 Å². The number of allylic oxidation sites excluding steroid dienone is 2. The Hall–Kier alpha value is -1.28. The van der Waals surface area contributed by atoms with Gasteiger partial charge in [-0.2, -0.15) is 0 Å². The van der Waals surface area contributed by atoms with Gasteiger partial charge in [0.25, 0.3) is 0 Å². The molecular formula is C16H21NO. The fourth-order valence-corrected chi connectivity index (χ4v) is 3.31. The van der Waals surface area contributed by atoms with E-state index in [2.05, 4.69) is 17.5 Å². The van der Waals surface area contributed by atoms with Gasteiger partial charge in [0.15, 0.2) is 0 Å². The normalized spacial score (nSPS) is 29.0. The molecule has 0 saturated heterocycles. The van der Waals surface area contributed by atoms with E-state index in [-0.39, 0.29) is 0 Å². The zero-order valence-electron chi connectivity index (χ0n) is 10.7. The third-order valence-corrected chi connectivity index (χ3v) is 4.35. The SMILES string of the molecule is Oc1ccc(CCNCC2CC3C=CC2C3)cc1. The second kappa shape index (κ2) is 5.15. The molecule has 0 aliphatic heterocycles. The van der Waals surface area contributed by atoms with Gasteiger partial charge in [-0.15, -0.1) is 0 Å². The molecule has 3 atom stereocenters. The molecule has 1 aromatic carbocycles. The van der Waals surface area contributed by atoms with E-state index in [4.69, 9.17) is 0 Å². The zero-order valence-corrected chi connectivity index (χ0v) is 10.7. The molecular weight excluding hydrogens is 222 g/mol. The topological polar surface area (TPSA) is 32.3 Å². The zero-order chi connectivity index (χ0) is 12.4. The first-order chi connectivity index (χ1) is 8.81. The van der Waals surface area contributed by atoms with Crippen molar-refractivity contribution in [3.63, 3.8) is 0 Å². The summed E-state index contributed by atoms with van der Waals surface area (Å²) in [5.74, 6) is 2.93. The quantitative estimate of drug-likeness (QED) is 0.615. The molecule has 96 valence electrons. The number of fused-ring (bicyclic) bond motifs is 2. The summed E-state index contributed by atoms with van der Waals surface area (Å²) in [7, 11) is 0. The van der Waals surface area contributed by atoms with Crippen LogP contribution in [0.15, 0.2) is 36.4 Å². The Bertz CT molecular complexity index is 423. The maximum Gasteiger partial charge on any atom is 0.115 e. The Labute approximate surface area is 109 Å². The van der Waals surface area contributed by atoms with E-state index < -0.39 is 0 Å². The molecule has 2 aliphatic carbocycles. The average molecular weight is 243 g/mol. The van der Waals surface area contributed by atoms with Gasteiger partial charge in [-0.1, -0.05) is 24.3 Å². The lowest BCUT2D eigenvalue weighted by atomic mass is 9.93. The van der Waals surface area contributed by atoms with E-state index in [1.54, 1.807) is 12.1 Å². The Morgan fingerprint density at radius 3 is 2.61 bits per heavy atom. The summed E-state index contributed by atoms with van der Waals surface area (Å²) in [6, 6.07) is 7.51. The lowest BCUT2D eigenvalue weighted by Crippen LogP contribution is -2.27.